The van der Waals surface area contributed by atoms with Gasteiger partial charge < -0.3 is 5.32 Å². The molecule has 0 radical (unpaired) electrons. The largest absolute Gasteiger partial charge is 0.416 e. The number of halogens is 4. The van der Waals surface area contributed by atoms with Crippen molar-refractivity contribution in [3.8, 4) is 0 Å². The summed E-state index contributed by atoms with van der Waals surface area (Å²) in [5.41, 5.74) is -0.165. The second kappa shape index (κ2) is 8.28. The number of carbonyl (C=O) groups is 1. The maximum absolute atomic E-state index is 12.7. The molecule has 10 heteroatoms. The predicted octanol–water partition coefficient (Wildman–Crippen LogP) is 3.84. The number of hydrogen-bond donors (Lipinski definition) is 2. The van der Waals surface area contributed by atoms with Crippen molar-refractivity contribution in [2.45, 2.75) is 24.4 Å². The van der Waals surface area contributed by atoms with E-state index in [1.165, 1.54) is 37.3 Å². The molecule has 1 amide bonds. The molecule has 0 fully saturated rings. The minimum atomic E-state index is -4.46. The number of benzene rings is 2. The molecule has 2 aromatic rings. The number of sulfonamides is 1. The van der Waals surface area contributed by atoms with Crippen LogP contribution in [0.2, 0.25) is 5.02 Å². The molecule has 2 N–H and O–H groups in total. The van der Waals surface area contributed by atoms with Crippen LogP contribution in [0.5, 0.6) is 0 Å². The van der Waals surface area contributed by atoms with Gasteiger partial charge in [-0.15, -0.1) is 0 Å². The number of rotatable bonds is 6. The molecule has 0 aromatic heterocycles. The number of anilines is 1. The summed E-state index contributed by atoms with van der Waals surface area (Å²) < 4.78 is 65.0. The normalized spacial score (nSPS) is 12.0. The Morgan fingerprint density at radius 1 is 1.15 bits per heavy atom. The second-order valence-electron chi connectivity index (χ2n) is 5.67. The van der Waals surface area contributed by atoms with Gasteiger partial charge in [0.2, 0.25) is 15.9 Å². The van der Waals surface area contributed by atoms with Gasteiger partial charge >= 0.3 is 6.18 Å². The first-order chi connectivity index (χ1) is 12.5. The minimum Gasteiger partial charge on any atom is -0.325 e. The van der Waals surface area contributed by atoms with E-state index in [0.29, 0.717) is 5.56 Å². The van der Waals surface area contributed by atoms with Crippen LogP contribution in [0.1, 0.15) is 18.1 Å². The van der Waals surface area contributed by atoms with Gasteiger partial charge in [0.15, 0.2) is 0 Å². The summed E-state index contributed by atoms with van der Waals surface area (Å²) in [6.07, 6.45) is -4.37. The van der Waals surface area contributed by atoms with Crippen LogP contribution < -0.4 is 10.0 Å². The molecule has 0 aliphatic rings. The standard InChI is InChI=1S/C17H16ClF3N2O3S/c1-11(24)23-16-6-5-14(10-15(16)18)27(25,26)22-8-7-12-3-2-4-13(9-12)17(19,20)21/h2-6,9-10,22H,7-8H2,1H3,(H,23,24). The lowest BCUT2D eigenvalue weighted by Crippen LogP contribution is -2.26. The van der Waals surface area contributed by atoms with Gasteiger partial charge in [-0.2, -0.15) is 13.2 Å². The van der Waals surface area contributed by atoms with E-state index in [1.807, 2.05) is 0 Å². The lowest BCUT2D eigenvalue weighted by molar-refractivity contribution is -0.137. The van der Waals surface area contributed by atoms with Crippen LogP contribution in [-0.2, 0) is 27.4 Å². The first-order valence-electron chi connectivity index (χ1n) is 7.72. The van der Waals surface area contributed by atoms with Crippen LogP contribution in [0.15, 0.2) is 47.4 Å². The molecule has 146 valence electrons. The third-order valence-electron chi connectivity index (χ3n) is 3.52. The summed E-state index contributed by atoms with van der Waals surface area (Å²) in [7, 11) is -3.91. The number of amides is 1. The highest BCUT2D eigenvalue weighted by Gasteiger charge is 2.30. The summed E-state index contributed by atoms with van der Waals surface area (Å²) in [5.74, 6) is -0.355. The van der Waals surface area contributed by atoms with E-state index in [9.17, 15) is 26.4 Å². The molecule has 5 nitrogen and oxygen atoms in total. The molecule has 0 aliphatic heterocycles. The van der Waals surface area contributed by atoms with Crippen LogP contribution in [-0.4, -0.2) is 20.9 Å². The molecule has 2 aromatic carbocycles. The molecular weight excluding hydrogens is 405 g/mol. The van der Waals surface area contributed by atoms with Gasteiger partial charge in [0, 0.05) is 13.5 Å². The fourth-order valence-electron chi connectivity index (χ4n) is 2.27. The Morgan fingerprint density at radius 3 is 2.44 bits per heavy atom. The van der Waals surface area contributed by atoms with Crippen molar-refractivity contribution in [1.29, 1.82) is 0 Å². The molecule has 0 saturated carbocycles. The van der Waals surface area contributed by atoms with E-state index in [4.69, 9.17) is 11.6 Å². The number of alkyl halides is 3. The SMILES string of the molecule is CC(=O)Nc1ccc(S(=O)(=O)NCCc2cccc(C(F)(F)F)c2)cc1Cl. The lowest BCUT2D eigenvalue weighted by atomic mass is 10.1. The highest BCUT2D eigenvalue weighted by Crippen LogP contribution is 2.29. The van der Waals surface area contributed by atoms with Crippen molar-refractivity contribution in [2.75, 3.05) is 11.9 Å². The van der Waals surface area contributed by atoms with Gasteiger partial charge in [-0.1, -0.05) is 29.8 Å². The van der Waals surface area contributed by atoms with Crippen LogP contribution in [0.25, 0.3) is 0 Å². The van der Waals surface area contributed by atoms with E-state index in [-0.39, 0.29) is 34.5 Å². The fourth-order valence-corrected chi connectivity index (χ4v) is 3.62. The summed E-state index contributed by atoms with van der Waals surface area (Å²) in [6.45, 7) is 1.20. The summed E-state index contributed by atoms with van der Waals surface area (Å²) in [5, 5.41) is 2.50. The van der Waals surface area contributed by atoms with E-state index in [0.717, 1.165) is 12.1 Å². The number of carbonyl (C=O) groups excluding carboxylic acids is 1. The minimum absolute atomic E-state index is 0.0472. The van der Waals surface area contributed by atoms with E-state index < -0.39 is 21.8 Å². The lowest BCUT2D eigenvalue weighted by Gasteiger charge is -2.11. The van der Waals surface area contributed by atoms with Crippen molar-refractivity contribution >= 4 is 33.2 Å². The Hall–Kier alpha value is -2.10. The third kappa shape index (κ3) is 5.95. The Morgan fingerprint density at radius 2 is 1.85 bits per heavy atom. The third-order valence-corrected chi connectivity index (χ3v) is 5.29. The fraction of sp³-hybridized carbons (Fsp3) is 0.235. The average Bonchev–Trinajstić information content (AvgIpc) is 2.55. The zero-order valence-electron chi connectivity index (χ0n) is 14.1. The van der Waals surface area contributed by atoms with Crippen LogP contribution in [0, 0.1) is 0 Å². The van der Waals surface area contributed by atoms with Gasteiger partial charge in [0.1, 0.15) is 0 Å². The Bertz CT molecular complexity index is 947. The smallest absolute Gasteiger partial charge is 0.325 e. The van der Waals surface area contributed by atoms with E-state index in [2.05, 4.69) is 10.0 Å². The van der Waals surface area contributed by atoms with Gasteiger partial charge in [0.25, 0.3) is 0 Å². The average molecular weight is 421 g/mol. The van der Waals surface area contributed by atoms with Crippen molar-refractivity contribution in [3.63, 3.8) is 0 Å². The molecule has 0 saturated heterocycles. The van der Waals surface area contributed by atoms with Gasteiger partial charge in [-0.3, -0.25) is 4.79 Å². The second-order valence-corrected chi connectivity index (χ2v) is 7.84. The maximum atomic E-state index is 12.7. The van der Waals surface area contributed by atoms with E-state index >= 15 is 0 Å². The molecule has 0 bridgehead atoms. The first-order valence-corrected chi connectivity index (χ1v) is 9.58. The molecule has 0 unspecified atom stereocenters. The van der Waals surface area contributed by atoms with Crippen LogP contribution >= 0.6 is 11.6 Å². The van der Waals surface area contributed by atoms with Gasteiger partial charge in [-0.25, -0.2) is 13.1 Å². The molecule has 0 heterocycles. The van der Waals surface area contributed by atoms with Crippen molar-refractivity contribution in [1.82, 2.24) is 4.72 Å². The summed E-state index contributed by atoms with van der Waals surface area (Å²) >= 11 is 5.96. The van der Waals surface area contributed by atoms with Crippen LogP contribution in [0.3, 0.4) is 0 Å². The Balaban J connectivity index is 2.05. The monoisotopic (exact) mass is 420 g/mol. The Labute approximate surface area is 159 Å². The highest BCUT2D eigenvalue weighted by atomic mass is 35.5. The topological polar surface area (TPSA) is 75.3 Å². The predicted molar refractivity (Wildman–Crippen MR) is 96.1 cm³/mol. The number of nitrogens with one attached hydrogen (secondary N) is 2. The summed E-state index contributed by atoms with van der Waals surface area (Å²) in [6, 6.07) is 8.49. The van der Waals surface area contributed by atoms with E-state index in [1.54, 1.807) is 0 Å². The molecule has 0 aliphatic carbocycles. The first kappa shape index (κ1) is 21.2. The van der Waals surface area contributed by atoms with Gasteiger partial charge in [0.05, 0.1) is 21.2 Å². The van der Waals surface area contributed by atoms with Crippen LogP contribution in [0.4, 0.5) is 18.9 Å². The molecule has 2 rings (SSSR count). The quantitative estimate of drug-likeness (QED) is 0.745. The molecule has 0 atom stereocenters. The van der Waals surface area contributed by atoms with Crippen molar-refractivity contribution in [2.24, 2.45) is 0 Å². The van der Waals surface area contributed by atoms with Crippen molar-refractivity contribution in [3.05, 3.63) is 58.6 Å². The summed E-state index contributed by atoms with van der Waals surface area (Å²) in [4.78, 5) is 10.9. The molecular formula is C17H16ClF3N2O3S. The highest BCUT2D eigenvalue weighted by molar-refractivity contribution is 7.89. The molecule has 0 spiro atoms. The zero-order valence-corrected chi connectivity index (χ0v) is 15.7. The number of hydrogen-bond acceptors (Lipinski definition) is 3. The van der Waals surface area contributed by atoms with Crippen molar-refractivity contribution < 1.29 is 26.4 Å². The Kier molecular flexibility index (Phi) is 6.50. The zero-order chi connectivity index (χ0) is 20.2. The van der Waals surface area contributed by atoms with Gasteiger partial charge in [-0.05, 0) is 36.2 Å². The maximum Gasteiger partial charge on any atom is 0.416 e. The molecule has 27 heavy (non-hydrogen) atoms.